The Morgan fingerprint density at radius 2 is 2.00 bits per heavy atom. The second kappa shape index (κ2) is 8.50. The minimum absolute atomic E-state index is 0.369. The van der Waals surface area contributed by atoms with Crippen molar-refractivity contribution in [1.29, 1.82) is 0 Å². The first-order chi connectivity index (χ1) is 13.7. The number of amides is 2. The maximum absolute atomic E-state index is 12.3. The predicted octanol–water partition coefficient (Wildman–Crippen LogP) is 5.66. The number of urea groups is 1. The van der Waals surface area contributed by atoms with Gasteiger partial charge in [0.2, 0.25) is 0 Å². The quantitative estimate of drug-likeness (QED) is 0.421. The van der Waals surface area contributed by atoms with Gasteiger partial charge in [0.05, 0.1) is 11.4 Å². The fourth-order valence-corrected chi connectivity index (χ4v) is 4.93. The van der Waals surface area contributed by atoms with Crippen LogP contribution in [0.2, 0.25) is 0 Å². The number of para-hydroxylation sites is 1. The lowest BCUT2D eigenvalue weighted by molar-refractivity contribution is 0.112. The van der Waals surface area contributed by atoms with Gasteiger partial charge in [0.25, 0.3) is 0 Å². The van der Waals surface area contributed by atoms with Crippen LogP contribution in [0, 0.1) is 0 Å². The summed E-state index contributed by atoms with van der Waals surface area (Å²) in [5.74, 6) is 0. The van der Waals surface area contributed by atoms with E-state index in [1.54, 1.807) is 22.7 Å². The van der Waals surface area contributed by atoms with Crippen molar-refractivity contribution in [2.75, 3.05) is 21.5 Å². The molecule has 2 heterocycles. The lowest BCUT2D eigenvalue weighted by atomic mass is 10.0. The summed E-state index contributed by atoms with van der Waals surface area (Å²) in [6.07, 6.45) is 2.98. The Morgan fingerprint density at radius 3 is 2.89 bits per heavy atom. The number of aldehydes is 1. The zero-order valence-corrected chi connectivity index (χ0v) is 16.7. The summed E-state index contributed by atoms with van der Waals surface area (Å²) in [4.78, 5) is 24.3. The van der Waals surface area contributed by atoms with Crippen molar-refractivity contribution in [3.8, 4) is 0 Å². The van der Waals surface area contributed by atoms with Crippen molar-refractivity contribution in [1.82, 2.24) is 0 Å². The third kappa shape index (κ3) is 4.21. The normalized spacial score (nSPS) is 12.9. The highest BCUT2D eigenvalue weighted by Gasteiger charge is 2.17. The summed E-state index contributed by atoms with van der Waals surface area (Å²) in [6.45, 7) is 0.993. The van der Waals surface area contributed by atoms with E-state index in [4.69, 9.17) is 0 Å². The first kappa shape index (κ1) is 18.6. The molecule has 142 valence electrons. The van der Waals surface area contributed by atoms with E-state index >= 15 is 0 Å². The number of nitrogens with one attached hydrogen (secondary N) is 2. The molecule has 1 aliphatic heterocycles. The van der Waals surface area contributed by atoms with Crippen LogP contribution in [0.25, 0.3) is 0 Å². The molecule has 7 heteroatoms. The Hall–Kier alpha value is -2.77. The number of carbonyl (C=O) groups excluding carboxylic acids is 2. The average molecular weight is 410 g/mol. The van der Waals surface area contributed by atoms with Gasteiger partial charge in [-0.05, 0) is 54.6 Å². The third-order valence-corrected chi connectivity index (χ3v) is 6.27. The third-order valence-electron chi connectivity index (χ3n) is 4.44. The summed E-state index contributed by atoms with van der Waals surface area (Å²) in [5.41, 5.74) is 4.34. The van der Waals surface area contributed by atoms with Gasteiger partial charge in [0, 0.05) is 33.5 Å². The van der Waals surface area contributed by atoms with Crippen molar-refractivity contribution in [3.63, 3.8) is 0 Å². The Bertz CT molecular complexity index is 1000. The highest BCUT2D eigenvalue weighted by molar-refractivity contribution is 8.00. The Kier molecular flexibility index (Phi) is 5.64. The van der Waals surface area contributed by atoms with Crippen LogP contribution in [0.4, 0.5) is 21.9 Å². The number of anilines is 3. The molecule has 5 nitrogen and oxygen atoms in total. The number of hydrogen-bond acceptors (Lipinski definition) is 5. The number of thiophene rings is 1. The minimum atomic E-state index is -0.369. The number of aryl methyl sites for hydroxylation is 1. The molecule has 0 fully saturated rings. The van der Waals surface area contributed by atoms with Crippen LogP contribution in [-0.2, 0) is 6.42 Å². The Balaban J connectivity index is 1.44. The molecule has 0 saturated carbocycles. The minimum Gasteiger partial charge on any atom is -0.312 e. The molecule has 0 atom stereocenters. The molecule has 2 amide bonds. The van der Waals surface area contributed by atoms with Gasteiger partial charge in [-0.25, -0.2) is 4.79 Å². The van der Waals surface area contributed by atoms with E-state index in [2.05, 4.69) is 39.2 Å². The number of carbonyl (C=O) groups is 2. The van der Waals surface area contributed by atoms with Crippen molar-refractivity contribution in [2.45, 2.75) is 17.7 Å². The van der Waals surface area contributed by atoms with E-state index in [0.717, 1.165) is 30.6 Å². The molecule has 0 saturated heterocycles. The molecular formula is C21H19N3O2S2. The summed E-state index contributed by atoms with van der Waals surface area (Å²) >= 11 is 3.05. The number of benzene rings is 2. The largest absolute Gasteiger partial charge is 0.323 e. The fourth-order valence-electron chi connectivity index (χ4n) is 3.14. The highest BCUT2D eigenvalue weighted by atomic mass is 32.2. The molecular weight excluding hydrogens is 390 g/mol. The van der Waals surface area contributed by atoms with E-state index < -0.39 is 0 Å². The number of fused-ring (bicyclic) bond motifs is 1. The van der Waals surface area contributed by atoms with Crippen LogP contribution in [0.5, 0.6) is 0 Å². The zero-order valence-electron chi connectivity index (χ0n) is 15.1. The van der Waals surface area contributed by atoms with Gasteiger partial charge < -0.3 is 14.9 Å². The molecule has 3 aromatic rings. The van der Waals surface area contributed by atoms with Crippen molar-refractivity contribution in [3.05, 3.63) is 70.4 Å². The zero-order chi connectivity index (χ0) is 19.3. The number of nitrogens with zero attached hydrogens (tertiary/aromatic N) is 1. The molecule has 0 bridgehead atoms. The lowest BCUT2D eigenvalue weighted by Crippen LogP contribution is -2.22. The van der Waals surface area contributed by atoms with Crippen LogP contribution in [-0.4, -0.2) is 18.9 Å². The van der Waals surface area contributed by atoms with E-state index in [1.807, 2.05) is 24.3 Å². The summed E-state index contributed by atoms with van der Waals surface area (Å²) < 4.78 is 2.31. The van der Waals surface area contributed by atoms with Crippen LogP contribution in [0.3, 0.4) is 0 Å². The maximum Gasteiger partial charge on any atom is 0.323 e. The highest BCUT2D eigenvalue weighted by Crippen LogP contribution is 2.35. The fraction of sp³-hybridized carbons (Fsp3) is 0.143. The second-order valence-corrected chi connectivity index (χ2v) is 8.23. The molecule has 0 unspecified atom stereocenters. The van der Waals surface area contributed by atoms with Crippen LogP contribution < -0.4 is 14.9 Å². The first-order valence-electron chi connectivity index (χ1n) is 8.96. The predicted molar refractivity (Wildman–Crippen MR) is 117 cm³/mol. The first-order valence-corrected chi connectivity index (χ1v) is 10.7. The van der Waals surface area contributed by atoms with Crippen molar-refractivity contribution >= 4 is 52.7 Å². The van der Waals surface area contributed by atoms with Gasteiger partial charge in [-0.3, -0.25) is 4.79 Å². The van der Waals surface area contributed by atoms with Gasteiger partial charge in [-0.2, -0.15) is 0 Å². The van der Waals surface area contributed by atoms with E-state index in [9.17, 15) is 9.59 Å². The van der Waals surface area contributed by atoms with Gasteiger partial charge in [0.15, 0.2) is 6.29 Å². The van der Waals surface area contributed by atoms with E-state index in [-0.39, 0.29) is 6.03 Å². The number of rotatable bonds is 5. The van der Waals surface area contributed by atoms with Gasteiger partial charge >= 0.3 is 6.03 Å². The molecule has 1 aliphatic rings. The average Bonchev–Trinajstić information content (AvgIpc) is 3.15. The topological polar surface area (TPSA) is 61.4 Å². The molecule has 0 radical (unpaired) electrons. The van der Waals surface area contributed by atoms with E-state index in [1.165, 1.54) is 22.6 Å². The second-order valence-electron chi connectivity index (χ2n) is 6.39. The molecule has 28 heavy (non-hydrogen) atoms. The molecule has 2 N–H and O–H groups in total. The molecule has 1 aromatic heterocycles. The number of hydrogen-bond donors (Lipinski definition) is 2. The van der Waals surface area contributed by atoms with Gasteiger partial charge in [-0.1, -0.05) is 24.3 Å². The molecule has 0 aliphatic carbocycles. The SMILES string of the molecule is O=Cc1cscc1NC(=O)Nc1cccc(SN2CCCc3ccccc32)c1. The molecule has 0 spiro atoms. The maximum atomic E-state index is 12.3. The van der Waals surface area contributed by atoms with Crippen LogP contribution in [0.1, 0.15) is 22.3 Å². The monoisotopic (exact) mass is 409 g/mol. The smallest absolute Gasteiger partial charge is 0.312 e. The standard InChI is InChI=1S/C21H19N3O2S2/c25-12-16-13-27-14-19(16)23-21(26)22-17-7-3-8-18(11-17)28-24-10-4-6-15-5-1-2-9-20(15)24/h1-3,5,7-9,11-14H,4,6,10H2,(H2,22,23,26). The van der Waals surface area contributed by atoms with Crippen molar-refractivity contribution < 1.29 is 9.59 Å². The van der Waals surface area contributed by atoms with E-state index in [0.29, 0.717) is 16.9 Å². The summed E-state index contributed by atoms with van der Waals surface area (Å²) in [6, 6.07) is 15.9. The Labute approximate surface area is 171 Å². The Morgan fingerprint density at radius 1 is 1.11 bits per heavy atom. The van der Waals surface area contributed by atoms with Crippen LogP contribution in [0.15, 0.2) is 64.2 Å². The van der Waals surface area contributed by atoms with Gasteiger partial charge in [-0.15, -0.1) is 11.3 Å². The summed E-state index contributed by atoms with van der Waals surface area (Å²) in [7, 11) is 0. The molecule has 2 aromatic carbocycles. The van der Waals surface area contributed by atoms with Crippen LogP contribution >= 0.6 is 23.3 Å². The van der Waals surface area contributed by atoms with Crippen molar-refractivity contribution in [2.24, 2.45) is 0 Å². The molecule has 4 rings (SSSR count). The van der Waals surface area contributed by atoms with Gasteiger partial charge in [0.1, 0.15) is 0 Å². The summed E-state index contributed by atoms with van der Waals surface area (Å²) in [5, 5.41) is 8.99. The lowest BCUT2D eigenvalue weighted by Gasteiger charge is -2.29.